The van der Waals surface area contributed by atoms with Crippen LogP contribution in [0.4, 0.5) is 5.82 Å². The monoisotopic (exact) mass is 165 g/mol. The van der Waals surface area contributed by atoms with Gasteiger partial charge in [0.15, 0.2) is 5.82 Å². The van der Waals surface area contributed by atoms with Gasteiger partial charge in [0.2, 0.25) is 0 Å². The topological polar surface area (TPSA) is 70.3 Å². The summed E-state index contributed by atoms with van der Waals surface area (Å²) in [5.41, 5.74) is 6.72. The first-order valence-corrected chi connectivity index (χ1v) is 3.91. The third kappa shape index (κ3) is 0.902. The van der Waals surface area contributed by atoms with Crippen molar-refractivity contribution < 1.29 is 0 Å². The second-order valence-corrected chi connectivity index (χ2v) is 2.66. The number of fused-ring (bicyclic) bond motifs is 1. The van der Waals surface area contributed by atoms with Crippen LogP contribution < -0.4 is 5.73 Å². The lowest BCUT2D eigenvalue weighted by atomic mass is 10.3. The van der Waals surface area contributed by atoms with E-state index >= 15 is 0 Å². The van der Waals surface area contributed by atoms with Crippen molar-refractivity contribution in [3.8, 4) is 0 Å². The van der Waals surface area contributed by atoms with Crippen molar-refractivity contribution in [1.82, 2.24) is 14.9 Å². The Labute approximate surface area is 70.3 Å². The van der Waals surface area contributed by atoms with Gasteiger partial charge < -0.3 is 15.6 Å². The molecule has 0 fully saturated rings. The van der Waals surface area contributed by atoms with E-state index in [0.717, 1.165) is 18.1 Å². The van der Waals surface area contributed by atoms with Gasteiger partial charge in [-0.3, -0.25) is 0 Å². The van der Waals surface area contributed by atoms with Gasteiger partial charge in [0.1, 0.15) is 11.9 Å². The second kappa shape index (κ2) is 2.60. The van der Waals surface area contributed by atoms with Crippen LogP contribution in [0.25, 0.3) is 0 Å². The van der Waals surface area contributed by atoms with Crippen molar-refractivity contribution >= 4 is 12.2 Å². The van der Waals surface area contributed by atoms with E-state index in [4.69, 9.17) is 5.73 Å². The van der Waals surface area contributed by atoms with Crippen molar-refractivity contribution in [2.75, 3.05) is 6.54 Å². The van der Waals surface area contributed by atoms with Crippen molar-refractivity contribution in [3.63, 3.8) is 0 Å². The first kappa shape index (κ1) is 7.30. The smallest absolute Gasteiger partial charge is 0.158 e. The summed E-state index contributed by atoms with van der Waals surface area (Å²) in [4.78, 5) is 13.1. The average molecular weight is 165 g/mol. The molecule has 1 aromatic rings. The molecule has 2 rings (SSSR count). The molecular formula is C7H11N5. The number of hydrogen-bond donors (Lipinski definition) is 2. The highest BCUT2D eigenvalue weighted by molar-refractivity contribution is 5.64. The van der Waals surface area contributed by atoms with Crippen molar-refractivity contribution in [1.29, 1.82) is 0 Å². The molecule has 64 valence electrons. The number of hydrogen-bond acceptors (Lipinski definition) is 4. The number of nitrogens with two attached hydrogens (primary N) is 1. The highest BCUT2D eigenvalue weighted by atomic mass is 15.3. The summed E-state index contributed by atoms with van der Waals surface area (Å²) in [5, 5.41) is 0. The number of nitrogens with zero attached hydrogens (tertiary/aromatic N) is 3. The normalized spacial score (nSPS) is 21.2. The minimum atomic E-state index is -0.159. The number of rotatable bonds is 1. The zero-order chi connectivity index (χ0) is 8.55. The average Bonchev–Trinajstić information content (AvgIpc) is 2.53. The molecule has 0 bridgehead atoms. The van der Waals surface area contributed by atoms with Gasteiger partial charge >= 0.3 is 0 Å². The summed E-state index contributed by atoms with van der Waals surface area (Å²) in [6.07, 6.45) is 3.19. The molecule has 1 unspecified atom stereocenters. The fourth-order valence-corrected chi connectivity index (χ4v) is 1.26. The number of H-pyrrole nitrogens is 1. The van der Waals surface area contributed by atoms with Crippen molar-refractivity contribution in [2.45, 2.75) is 13.1 Å². The third-order valence-corrected chi connectivity index (χ3v) is 1.99. The van der Waals surface area contributed by atoms with E-state index in [2.05, 4.69) is 15.0 Å². The first-order chi connectivity index (χ1) is 5.83. The Morgan fingerprint density at radius 2 is 2.58 bits per heavy atom. The lowest BCUT2D eigenvalue weighted by Crippen LogP contribution is -2.35. The summed E-state index contributed by atoms with van der Waals surface area (Å²) >= 11 is 0. The third-order valence-electron chi connectivity index (χ3n) is 1.99. The predicted octanol–water partition coefficient (Wildman–Crippen LogP) is 0.362. The molecule has 5 heteroatoms. The first-order valence-electron chi connectivity index (χ1n) is 3.91. The highest BCUT2D eigenvalue weighted by Crippen LogP contribution is 2.25. The van der Waals surface area contributed by atoms with E-state index in [1.54, 1.807) is 12.7 Å². The Hall–Kier alpha value is -1.36. The lowest BCUT2D eigenvalue weighted by Gasteiger charge is -2.26. The molecule has 0 aliphatic carbocycles. The Balaban J connectivity index is 2.38. The predicted molar refractivity (Wildman–Crippen MR) is 46.0 cm³/mol. The van der Waals surface area contributed by atoms with Crippen LogP contribution in [0, 0.1) is 0 Å². The molecule has 0 aromatic carbocycles. The number of imidazole rings is 1. The van der Waals surface area contributed by atoms with Gasteiger partial charge in [-0.1, -0.05) is 0 Å². The Morgan fingerprint density at radius 3 is 3.33 bits per heavy atom. The maximum atomic E-state index is 5.90. The van der Waals surface area contributed by atoms with E-state index in [9.17, 15) is 0 Å². The van der Waals surface area contributed by atoms with Crippen molar-refractivity contribution in [3.05, 3.63) is 12.0 Å². The number of aromatic amines is 1. The van der Waals surface area contributed by atoms with Crippen LogP contribution in [0.1, 0.15) is 18.8 Å². The van der Waals surface area contributed by atoms with E-state index in [1.165, 1.54) is 0 Å². The largest absolute Gasteiger partial charge is 0.342 e. The van der Waals surface area contributed by atoms with Crippen LogP contribution in [0.2, 0.25) is 0 Å². The van der Waals surface area contributed by atoms with Gasteiger partial charge in [-0.15, -0.1) is 0 Å². The van der Waals surface area contributed by atoms with Crippen LogP contribution in [0.15, 0.2) is 11.3 Å². The van der Waals surface area contributed by atoms with Crippen LogP contribution in [0.5, 0.6) is 0 Å². The minimum Gasteiger partial charge on any atom is -0.342 e. The van der Waals surface area contributed by atoms with Gasteiger partial charge in [-0.25, -0.2) is 9.98 Å². The maximum absolute atomic E-state index is 5.90. The second-order valence-electron chi connectivity index (χ2n) is 2.66. The molecule has 0 saturated heterocycles. The molecular weight excluding hydrogens is 154 g/mol. The highest BCUT2D eigenvalue weighted by Gasteiger charge is 2.21. The SMILES string of the molecule is CCN1C=Nc2[nH]cnc2C1N. The van der Waals surface area contributed by atoms with E-state index in [-0.39, 0.29) is 6.17 Å². The lowest BCUT2D eigenvalue weighted by molar-refractivity contribution is 0.338. The van der Waals surface area contributed by atoms with E-state index < -0.39 is 0 Å². The molecule has 2 heterocycles. The minimum absolute atomic E-state index is 0.159. The molecule has 5 nitrogen and oxygen atoms in total. The van der Waals surface area contributed by atoms with Gasteiger partial charge in [-0.05, 0) is 6.92 Å². The summed E-state index contributed by atoms with van der Waals surface area (Å²) in [6, 6.07) is 0. The molecule has 3 N–H and O–H groups in total. The molecule has 0 saturated carbocycles. The number of nitrogens with one attached hydrogen (secondary N) is 1. The number of aromatic nitrogens is 2. The summed E-state index contributed by atoms with van der Waals surface area (Å²) in [7, 11) is 0. The Kier molecular flexibility index (Phi) is 1.58. The zero-order valence-corrected chi connectivity index (χ0v) is 6.86. The van der Waals surface area contributed by atoms with Gasteiger partial charge in [0.25, 0.3) is 0 Å². The van der Waals surface area contributed by atoms with Gasteiger partial charge in [-0.2, -0.15) is 0 Å². The van der Waals surface area contributed by atoms with E-state index in [1.807, 2.05) is 11.8 Å². The summed E-state index contributed by atoms with van der Waals surface area (Å²) in [5.74, 6) is 0.771. The quantitative estimate of drug-likeness (QED) is 0.631. The summed E-state index contributed by atoms with van der Waals surface area (Å²) in [6.45, 7) is 2.88. The molecule has 1 aromatic heterocycles. The molecule has 1 aliphatic heterocycles. The van der Waals surface area contributed by atoms with Crippen molar-refractivity contribution in [2.24, 2.45) is 10.7 Å². The molecule has 0 radical (unpaired) electrons. The van der Waals surface area contributed by atoms with Crippen LogP contribution >= 0.6 is 0 Å². The molecule has 1 aliphatic rings. The number of aliphatic imine (C=N–C) groups is 1. The molecule has 0 spiro atoms. The zero-order valence-electron chi connectivity index (χ0n) is 6.86. The van der Waals surface area contributed by atoms with Gasteiger partial charge in [0, 0.05) is 6.54 Å². The molecule has 1 atom stereocenters. The fourth-order valence-electron chi connectivity index (χ4n) is 1.26. The standard InChI is InChI=1S/C7H11N5/c1-2-12-4-11-7-5(6(12)8)9-3-10-7/h3-4,6H,2,8H2,1H3,(H,9,10). The Bertz CT molecular complexity index is 303. The molecule has 12 heavy (non-hydrogen) atoms. The maximum Gasteiger partial charge on any atom is 0.158 e. The van der Waals surface area contributed by atoms with Crippen LogP contribution in [0.3, 0.4) is 0 Å². The summed E-state index contributed by atoms with van der Waals surface area (Å²) < 4.78 is 0. The fraction of sp³-hybridized carbons (Fsp3) is 0.429. The molecule has 0 amide bonds. The Morgan fingerprint density at radius 1 is 1.75 bits per heavy atom. The van der Waals surface area contributed by atoms with Crippen LogP contribution in [-0.4, -0.2) is 27.8 Å². The van der Waals surface area contributed by atoms with E-state index in [0.29, 0.717) is 0 Å². The van der Waals surface area contributed by atoms with Gasteiger partial charge in [0.05, 0.1) is 12.7 Å². The van der Waals surface area contributed by atoms with Crippen LogP contribution in [-0.2, 0) is 0 Å².